The summed E-state index contributed by atoms with van der Waals surface area (Å²) in [5.74, 6) is 0. The van der Waals surface area contributed by atoms with Gasteiger partial charge in [0.05, 0.1) is 6.61 Å². The van der Waals surface area contributed by atoms with Crippen LogP contribution in [0.15, 0.2) is 22.7 Å². The molecule has 3 N–H and O–H groups in total. The van der Waals surface area contributed by atoms with E-state index in [4.69, 9.17) is 17.3 Å². The number of hydrogen-bond donors (Lipinski definition) is 3. The van der Waals surface area contributed by atoms with Crippen molar-refractivity contribution in [2.45, 2.75) is 13.5 Å². The molecule has 0 fully saturated rings. The zero-order chi connectivity index (χ0) is 12.0. The largest absolute Gasteiger partial charge is 0.395 e. The molecule has 0 amide bonds. The summed E-state index contributed by atoms with van der Waals surface area (Å²) in [6.07, 6.45) is 0. The van der Waals surface area contributed by atoms with Gasteiger partial charge in [-0.1, -0.05) is 22.0 Å². The van der Waals surface area contributed by atoms with Crippen LogP contribution in [-0.2, 0) is 6.54 Å². The first kappa shape index (κ1) is 13.4. The summed E-state index contributed by atoms with van der Waals surface area (Å²) in [6, 6.07) is 6.14. The lowest BCUT2D eigenvalue weighted by molar-refractivity contribution is 0.300. The normalized spacial score (nSPS) is 9.94. The second kappa shape index (κ2) is 6.83. The van der Waals surface area contributed by atoms with Gasteiger partial charge in [-0.3, -0.25) is 0 Å². The molecule has 0 saturated carbocycles. The van der Waals surface area contributed by atoms with Crippen LogP contribution < -0.4 is 10.6 Å². The fraction of sp³-hybridized carbons (Fsp3) is 0.364. The molecule has 0 aliphatic rings. The van der Waals surface area contributed by atoms with E-state index in [-0.39, 0.29) is 6.61 Å². The Kier molecular flexibility index (Phi) is 5.73. The fourth-order valence-corrected chi connectivity index (χ4v) is 1.82. The number of aliphatic hydroxyl groups excluding tert-OH is 1. The van der Waals surface area contributed by atoms with E-state index in [9.17, 15) is 0 Å². The summed E-state index contributed by atoms with van der Waals surface area (Å²) in [5.41, 5.74) is 2.42. The number of nitrogens with one attached hydrogen (secondary N) is 2. The Morgan fingerprint density at radius 2 is 2.19 bits per heavy atom. The van der Waals surface area contributed by atoms with Gasteiger partial charge in [0.15, 0.2) is 5.11 Å². The summed E-state index contributed by atoms with van der Waals surface area (Å²) in [6.45, 7) is 3.30. The van der Waals surface area contributed by atoms with Crippen LogP contribution in [0.1, 0.15) is 11.1 Å². The minimum Gasteiger partial charge on any atom is -0.395 e. The van der Waals surface area contributed by atoms with Crippen molar-refractivity contribution in [3.63, 3.8) is 0 Å². The molecule has 0 heterocycles. The smallest absolute Gasteiger partial charge is 0.166 e. The standard InChI is InChI=1S/C11H15BrN2OS/c1-8-2-3-10(12)6-9(8)7-14-11(16)13-4-5-15/h2-3,6,15H,4-5,7H2,1H3,(H2,13,14,16). The maximum atomic E-state index is 8.62. The summed E-state index contributed by atoms with van der Waals surface area (Å²) in [4.78, 5) is 0. The predicted molar refractivity (Wildman–Crippen MR) is 73.4 cm³/mol. The van der Waals surface area contributed by atoms with E-state index < -0.39 is 0 Å². The Balaban J connectivity index is 2.47. The quantitative estimate of drug-likeness (QED) is 0.741. The van der Waals surface area contributed by atoms with Gasteiger partial charge in [0, 0.05) is 17.6 Å². The predicted octanol–water partition coefficient (Wildman–Crippen LogP) is 1.71. The van der Waals surface area contributed by atoms with Crippen molar-refractivity contribution in [1.29, 1.82) is 0 Å². The molecule has 0 aromatic heterocycles. The molecule has 88 valence electrons. The molecule has 1 aromatic rings. The molecule has 1 aromatic carbocycles. The van der Waals surface area contributed by atoms with Crippen LogP contribution in [0.2, 0.25) is 0 Å². The molecule has 0 saturated heterocycles. The molecule has 0 aliphatic carbocycles. The van der Waals surface area contributed by atoms with E-state index in [0.717, 1.165) is 4.47 Å². The highest BCUT2D eigenvalue weighted by Gasteiger charge is 2.00. The number of rotatable bonds is 4. The first-order valence-corrected chi connectivity index (χ1v) is 6.21. The Hall–Kier alpha value is -0.650. The van der Waals surface area contributed by atoms with Gasteiger partial charge in [-0.25, -0.2) is 0 Å². The lowest BCUT2D eigenvalue weighted by Crippen LogP contribution is -2.36. The average Bonchev–Trinajstić information content (AvgIpc) is 2.27. The van der Waals surface area contributed by atoms with E-state index in [2.05, 4.69) is 45.6 Å². The number of aryl methyl sites for hydroxylation is 1. The average molecular weight is 303 g/mol. The monoisotopic (exact) mass is 302 g/mol. The first-order valence-electron chi connectivity index (χ1n) is 5.01. The third kappa shape index (κ3) is 4.47. The molecule has 0 aliphatic heterocycles. The van der Waals surface area contributed by atoms with Crippen LogP contribution in [0.25, 0.3) is 0 Å². The number of benzene rings is 1. The van der Waals surface area contributed by atoms with Crippen LogP contribution in [0.3, 0.4) is 0 Å². The maximum absolute atomic E-state index is 8.62. The summed E-state index contributed by atoms with van der Waals surface area (Å²) in [7, 11) is 0. The van der Waals surface area contributed by atoms with Gasteiger partial charge in [-0.05, 0) is 42.4 Å². The van der Waals surface area contributed by atoms with Crippen molar-refractivity contribution in [2.75, 3.05) is 13.2 Å². The highest BCUT2D eigenvalue weighted by Crippen LogP contribution is 2.15. The second-order valence-electron chi connectivity index (χ2n) is 3.40. The third-order valence-corrected chi connectivity index (χ3v) is 2.93. The van der Waals surface area contributed by atoms with Crippen molar-refractivity contribution in [1.82, 2.24) is 10.6 Å². The van der Waals surface area contributed by atoms with E-state index in [1.54, 1.807) is 0 Å². The second-order valence-corrected chi connectivity index (χ2v) is 4.73. The lowest BCUT2D eigenvalue weighted by atomic mass is 10.1. The van der Waals surface area contributed by atoms with Crippen molar-refractivity contribution in [3.8, 4) is 0 Å². The summed E-state index contributed by atoms with van der Waals surface area (Å²) in [5, 5.41) is 15.2. The molecule has 1 rings (SSSR count). The molecule has 0 unspecified atom stereocenters. The van der Waals surface area contributed by atoms with Crippen molar-refractivity contribution in [3.05, 3.63) is 33.8 Å². The van der Waals surface area contributed by atoms with Gasteiger partial charge in [0.1, 0.15) is 0 Å². The SMILES string of the molecule is Cc1ccc(Br)cc1CNC(=S)NCCO. The lowest BCUT2D eigenvalue weighted by Gasteiger charge is -2.11. The molecule has 16 heavy (non-hydrogen) atoms. The zero-order valence-corrected chi connectivity index (χ0v) is 11.5. The van der Waals surface area contributed by atoms with Crippen LogP contribution >= 0.6 is 28.1 Å². The topological polar surface area (TPSA) is 44.3 Å². The van der Waals surface area contributed by atoms with Crippen molar-refractivity contribution < 1.29 is 5.11 Å². The molecular formula is C11H15BrN2OS. The van der Waals surface area contributed by atoms with Crippen LogP contribution in [0.5, 0.6) is 0 Å². The zero-order valence-electron chi connectivity index (χ0n) is 9.09. The van der Waals surface area contributed by atoms with Gasteiger partial charge in [-0.2, -0.15) is 0 Å². The number of thiocarbonyl (C=S) groups is 1. The summed E-state index contributed by atoms with van der Waals surface area (Å²) >= 11 is 8.49. The van der Waals surface area contributed by atoms with E-state index >= 15 is 0 Å². The third-order valence-electron chi connectivity index (χ3n) is 2.15. The van der Waals surface area contributed by atoms with Crippen LogP contribution in [0, 0.1) is 6.92 Å². The maximum Gasteiger partial charge on any atom is 0.166 e. The molecule has 3 nitrogen and oxygen atoms in total. The molecular weight excluding hydrogens is 288 g/mol. The Morgan fingerprint density at radius 3 is 2.88 bits per heavy atom. The van der Waals surface area contributed by atoms with E-state index in [0.29, 0.717) is 18.2 Å². The highest BCUT2D eigenvalue weighted by atomic mass is 79.9. The molecule has 0 radical (unpaired) electrons. The number of hydrogen-bond acceptors (Lipinski definition) is 2. The molecule has 0 bridgehead atoms. The fourth-order valence-electron chi connectivity index (χ4n) is 1.24. The van der Waals surface area contributed by atoms with Gasteiger partial charge in [0.2, 0.25) is 0 Å². The van der Waals surface area contributed by atoms with Crippen LogP contribution in [0.4, 0.5) is 0 Å². The Morgan fingerprint density at radius 1 is 1.44 bits per heavy atom. The first-order chi connectivity index (χ1) is 7.63. The molecule has 0 spiro atoms. The molecule has 0 atom stereocenters. The highest BCUT2D eigenvalue weighted by molar-refractivity contribution is 9.10. The van der Waals surface area contributed by atoms with E-state index in [1.165, 1.54) is 11.1 Å². The summed E-state index contributed by atoms with van der Waals surface area (Å²) < 4.78 is 1.06. The van der Waals surface area contributed by atoms with Gasteiger partial charge in [0.25, 0.3) is 0 Å². The Bertz CT molecular complexity index is 371. The number of halogens is 1. The van der Waals surface area contributed by atoms with Crippen LogP contribution in [-0.4, -0.2) is 23.4 Å². The minimum absolute atomic E-state index is 0.0811. The van der Waals surface area contributed by atoms with Gasteiger partial charge >= 0.3 is 0 Å². The van der Waals surface area contributed by atoms with E-state index in [1.807, 2.05) is 6.07 Å². The van der Waals surface area contributed by atoms with Crippen molar-refractivity contribution >= 4 is 33.3 Å². The van der Waals surface area contributed by atoms with Crippen molar-refractivity contribution in [2.24, 2.45) is 0 Å². The van der Waals surface area contributed by atoms with Gasteiger partial charge < -0.3 is 15.7 Å². The Labute approximate surface area is 109 Å². The number of aliphatic hydroxyl groups is 1. The molecule has 5 heteroatoms. The van der Waals surface area contributed by atoms with Gasteiger partial charge in [-0.15, -0.1) is 0 Å². The minimum atomic E-state index is 0.0811.